The Morgan fingerprint density at radius 1 is 1.50 bits per heavy atom. The highest BCUT2D eigenvalue weighted by atomic mass is 32.1. The number of hydrogen-bond acceptors (Lipinski definition) is 6. The van der Waals surface area contributed by atoms with Crippen molar-refractivity contribution in [2.45, 2.75) is 33.0 Å². The monoisotopic (exact) mass is 302 g/mol. The Balaban J connectivity index is 0.000000829. The van der Waals surface area contributed by atoms with Crippen LogP contribution >= 0.6 is 11.3 Å². The summed E-state index contributed by atoms with van der Waals surface area (Å²) >= 11 is 1.61. The summed E-state index contributed by atoms with van der Waals surface area (Å²) < 4.78 is 5.59. The van der Waals surface area contributed by atoms with Crippen LogP contribution in [0.15, 0.2) is 6.58 Å². The summed E-state index contributed by atoms with van der Waals surface area (Å²) in [4.78, 5) is 1.15. The zero-order chi connectivity index (χ0) is 15.7. The van der Waals surface area contributed by atoms with Crippen molar-refractivity contribution in [3.63, 3.8) is 0 Å². The SMILES string of the molecule is C=C(O)c1c(NC)sc2c1CC(CN)OC2.CC.CO. The van der Waals surface area contributed by atoms with Gasteiger partial charge in [0.2, 0.25) is 0 Å². The van der Waals surface area contributed by atoms with Gasteiger partial charge in [0.05, 0.1) is 23.3 Å². The van der Waals surface area contributed by atoms with Gasteiger partial charge in [0, 0.05) is 32.0 Å². The minimum atomic E-state index is 0.0462. The topological polar surface area (TPSA) is 87.7 Å². The number of thiophene rings is 1. The highest BCUT2D eigenvalue weighted by Crippen LogP contribution is 2.39. The molecule has 2 rings (SSSR count). The Bertz CT molecular complexity index is 419. The fourth-order valence-corrected chi connectivity index (χ4v) is 3.08. The molecule has 1 aliphatic heterocycles. The molecule has 5 N–H and O–H groups in total. The number of nitrogens with one attached hydrogen (secondary N) is 1. The zero-order valence-corrected chi connectivity index (χ0v) is 13.5. The molecule has 0 saturated carbocycles. The molecule has 0 saturated heterocycles. The van der Waals surface area contributed by atoms with Gasteiger partial charge < -0.3 is 26.0 Å². The van der Waals surface area contributed by atoms with Crippen LogP contribution in [-0.2, 0) is 17.8 Å². The van der Waals surface area contributed by atoms with E-state index in [1.807, 2.05) is 20.9 Å². The van der Waals surface area contributed by atoms with E-state index < -0.39 is 0 Å². The van der Waals surface area contributed by atoms with Gasteiger partial charge >= 0.3 is 0 Å². The standard InChI is InChI=1S/C11H16N2O2S.C2H6.CH4O/c1-6(14)10-8-3-7(4-12)15-5-9(8)16-11(10)13-2;2*1-2/h7,13-14H,1,3-5,12H2,2H3;1-2H3;2H,1H3. The number of anilines is 1. The molecule has 2 heterocycles. The molecule has 1 aliphatic rings. The Morgan fingerprint density at radius 2 is 2.10 bits per heavy atom. The minimum Gasteiger partial charge on any atom is -0.508 e. The third kappa shape index (κ3) is 4.21. The van der Waals surface area contributed by atoms with E-state index >= 15 is 0 Å². The molecule has 0 fully saturated rings. The van der Waals surface area contributed by atoms with Gasteiger partial charge in [0.1, 0.15) is 5.76 Å². The van der Waals surface area contributed by atoms with E-state index in [0.29, 0.717) is 13.2 Å². The fraction of sp³-hybridized carbons (Fsp3) is 0.571. The van der Waals surface area contributed by atoms with E-state index in [9.17, 15) is 5.11 Å². The maximum atomic E-state index is 9.64. The summed E-state index contributed by atoms with van der Waals surface area (Å²) in [5.41, 5.74) is 7.56. The summed E-state index contributed by atoms with van der Waals surface area (Å²) in [5.74, 6) is 0.111. The molecule has 0 spiro atoms. The molecule has 5 nitrogen and oxygen atoms in total. The van der Waals surface area contributed by atoms with Gasteiger partial charge in [-0.3, -0.25) is 0 Å². The lowest BCUT2D eigenvalue weighted by Gasteiger charge is -2.22. The summed E-state index contributed by atoms with van der Waals surface area (Å²) in [7, 11) is 2.84. The largest absolute Gasteiger partial charge is 0.508 e. The zero-order valence-electron chi connectivity index (χ0n) is 12.7. The third-order valence-corrected chi connectivity index (χ3v) is 3.97. The number of aliphatic hydroxyl groups is 2. The van der Waals surface area contributed by atoms with Gasteiger partial charge in [-0.15, -0.1) is 11.3 Å². The molecular weight excluding hydrogens is 276 g/mol. The second kappa shape index (κ2) is 9.77. The van der Waals surface area contributed by atoms with Crippen molar-refractivity contribution in [3.8, 4) is 0 Å². The van der Waals surface area contributed by atoms with E-state index in [-0.39, 0.29) is 11.9 Å². The molecule has 0 radical (unpaired) electrons. The summed E-state index contributed by atoms with van der Waals surface area (Å²) in [6.45, 7) is 8.69. The number of rotatable bonds is 3. The van der Waals surface area contributed by atoms with Gasteiger partial charge in [0.15, 0.2) is 0 Å². The van der Waals surface area contributed by atoms with E-state index in [1.165, 1.54) is 0 Å². The van der Waals surface area contributed by atoms with Crippen molar-refractivity contribution < 1.29 is 14.9 Å². The van der Waals surface area contributed by atoms with Crippen molar-refractivity contribution in [1.29, 1.82) is 0 Å². The average molecular weight is 302 g/mol. The van der Waals surface area contributed by atoms with Gasteiger partial charge in [0.25, 0.3) is 0 Å². The first-order valence-electron chi connectivity index (χ1n) is 6.64. The number of hydrogen-bond donors (Lipinski definition) is 4. The van der Waals surface area contributed by atoms with Crippen molar-refractivity contribution in [2.24, 2.45) is 5.73 Å². The van der Waals surface area contributed by atoms with Crippen LogP contribution in [0.2, 0.25) is 0 Å². The molecule has 6 heteroatoms. The lowest BCUT2D eigenvalue weighted by molar-refractivity contribution is 0.0366. The van der Waals surface area contributed by atoms with Gasteiger partial charge in [-0.2, -0.15) is 0 Å². The summed E-state index contributed by atoms with van der Waals surface area (Å²) in [6, 6.07) is 0. The van der Waals surface area contributed by atoms with E-state index in [1.54, 1.807) is 11.3 Å². The second-order valence-corrected chi connectivity index (χ2v) is 4.88. The highest BCUT2D eigenvalue weighted by Gasteiger charge is 2.26. The molecule has 20 heavy (non-hydrogen) atoms. The maximum absolute atomic E-state index is 9.64. The van der Waals surface area contributed by atoms with Crippen LogP contribution in [0.5, 0.6) is 0 Å². The van der Waals surface area contributed by atoms with Crippen LogP contribution in [0.25, 0.3) is 5.76 Å². The molecule has 1 aromatic heterocycles. The van der Waals surface area contributed by atoms with Crippen LogP contribution in [0.1, 0.15) is 29.9 Å². The van der Waals surface area contributed by atoms with Crippen LogP contribution in [0.4, 0.5) is 5.00 Å². The van der Waals surface area contributed by atoms with Gasteiger partial charge in [-0.1, -0.05) is 20.4 Å². The summed E-state index contributed by atoms with van der Waals surface area (Å²) in [5, 5.41) is 20.7. The smallest absolute Gasteiger partial charge is 0.118 e. The quantitative estimate of drug-likeness (QED) is 0.644. The van der Waals surface area contributed by atoms with E-state index in [4.69, 9.17) is 15.6 Å². The molecule has 0 aliphatic carbocycles. The van der Waals surface area contributed by atoms with E-state index in [0.717, 1.165) is 34.5 Å². The first-order chi connectivity index (χ1) is 9.67. The lowest BCUT2D eigenvalue weighted by atomic mass is 10.0. The molecule has 0 bridgehead atoms. The average Bonchev–Trinajstić information content (AvgIpc) is 2.88. The van der Waals surface area contributed by atoms with E-state index in [2.05, 4.69) is 11.9 Å². The molecule has 0 amide bonds. The Hall–Kier alpha value is -1.08. The maximum Gasteiger partial charge on any atom is 0.118 e. The van der Waals surface area contributed by atoms with Crippen LogP contribution < -0.4 is 11.1 Å². The van der Waals surface area contributed by atoms with Crippen molar-refractivity contribution >= 4 is 22.1 Å². The Kier molecular flexibility index (Phi) is 9.24. The summed E-state index contributed by atoms with van der Waals surface area (Å²) in [6.07, 6.45) is 0.795. The van der Waals surface area contributed by atoms with Crippen molar-refractivity contribution in [2.75, 3.05) is 26.0 Å². The molecule has 116 valence electrons. The normalized spacial score (nSPS) is 16.0. The third-order valence-electron chi connectivity index (χ3n) is 2.75. The Morgan fingerprint density at radius 3 is 2.55 bits per heavy atom. The highest BCUT2D eigenvalue weighted by molar-refractivity contribution is 7.16. The number of nitrogens with two attached hydrogens (primary N) is 1. The van der Waals surface area contributed by atoms with Crippen LogP contribution in [0.3, 0.4) is 0 Å². The number of aliphatic hydroxyl groups excluding tert-OH is 2. The molecule has 0 aromatic carbocycles. The van der Waals surface area contributed by atoms with Crippen molar-refractivity contribution in [1.82, 2.24) is 0 Å². The predicted molar refractivity (Wildman–Crippen MR) is 86.4 cm³/mol. The number of fused-ring (bicyclic) bond motifs is 1. The predicted octanol–water partition coefficient (Wildman–Crippen LogP) is 2.35. The first-order valence-corrected chi connectivity index (χ1v) is 7.46. The minimum absolute atomic E-state index is 0.0462. The second-order valence-electron chi connectivity index (χ2n) is 3.78. The molecular formula is C14H26N2O3S. The Labute approximate surface area is 125 Å². The van der Waals surface area contributed by atoms with Crippen molar-refractivity contribution in [3.05, 3.63) is 22.6 Å². The van der Waals surface area contributed by atoms with Crippen LogP contribution in [-0.4, -0.2) is 37.0 Å². The lowest BCUT2D eigenvalue weighted by Crippen LogP contribution is -2.29. The van der Waals surface area contributed by atoms with Gasteiger partial charge in [-0.25, -0.2) is 0 Å². The fourth-order valence-electron chi connectivity index (χ4n) is 1.96. The number of ether oxygens (including phenoxy) is 1. The molecule has 1 atom stereocenters. The molecule has 1 aromatic rings. The van der Waals surface area contributed by atoms with Crippen LogP contribution in [0, 0.1) is 0 Å². The molecule has 1 unspecified atom stereocenters. The first kappa shape index (κ1) is 18.9. The van der Waals surface area contributed by atoms with Gasteiger partial charge in [-0.05, 0) is 5.56 Å².